The molecule has 1 amide bonds. The fourth-order valence-corrected chi connectivity index (χ4v) is 4.12. The van der Waals surface area contributed by atoms with Crippen LogP contribution in [0, 0.1) is 0 Å². The van der Waals surface area contributed by atoms with Gasteiger partial charge in [-0.25, -0.2) is 12.7 Å². The molecular weight excluding hydrogens is 380 g/mol. The molecule has 134 valence electrons. The van der Waals surface area contributed by atoms with Crippen molar-refractivity contribution in [1.82, 2.24) is 4.31 Å². The highest BCUT2D eigenvalue weighted by Gasteiger charge is 2.19. The number of carbonyl (C=O) groups is 1. The summed E-state index contributed by atoms with van der Waals surface area (Å²) in [6, 6.07) is 13.5. The van der Waals surface area contributed by atoms with Crippen LogP contribution in [0.4, 0.5) is 5.69 Å². The van der Waals surface area contributed by atoms with Crippen molar-refractivity contribution in [1.29, 1.82) is 0 Å². The third-order valence-electron chi connectivity index (χ3n) is 3.36. The van der Waals surface area contributed by atoms with Crippen LogP contribution < -0.4 is 5.32 Å². The Morgan fingerprint density at radius 2 is 1.84 bits per heavy atom. The van der Waals surface area contributed by atoms with Crippen molar-refractivity contribution in [2.24, 2.45) is 0 Å². The van der Waals surface area contributed by atoms with E-state index >= 15 is 0 Å². The molecule has 5 nitrogen and oxygen atoms in total. The van der Waals surface area contributed by atoms with E-state index in [2.05, 4.69) is 5.32 Å². The van der Waals surface area contributed by atoms with Gasteiger partial charge in [0.15, 0.2) is 0 Å². The van der Waals surface area contributed by atoms with Crippen molar-refractivity contribution in [3.05, 3.63) is 53.6 Å². The number of nitrogens with one attached hydrogen (secondary N) is 1. The van der Waals surface area contributed by atoms with Gasteiger partial charge in [0.2, 0.25) is 15.9 Å². The van der Waals surface area contributed by atoms with Crippen LogP contribution >= 0.6 is 23.4 Å². The number of hydrogen-bond acceptors (Lipinski definition) is 4. The molecule has 2 rings (SSSR count). The van der Waals surface area contributed by atoms with E-state index in [9.17, 15) is 13.2 Å². The zero-order chi connectivity index (χ0) is 18.6. The summed E-state index contributed by atoms with van der Waals surface area (Å²) in [4.78, 5) is 13.4. The topological polar surface area (TPSA) is 66.5 Å². The van der Waals surface area contributed by atoms with Gasteiger partial charge in [0.05, 0.1) is 10.1 Å². The van der Waals surface area contributed by atoms with Gasteiger partial charge in [-0.15, -0.1) is 11.8 Å². The molecule has 25 heavy (non-hydrogen) atoms. The van der Waals surface area contributed by atoms with E-state index in [1.54, 1.807) is 31.2 Å². The van der Waals surface area contributed by atoms with Gasteiger partial charge in [-0.3, -0.25) is 4.79 Å². The molecule has 1 unspecified atom stereocenters. The van der Waals surface area contributed by atoms with E-state index < -0.39 is 10.0 Å². The Labute approximate surface area is 157 Å². The van der Waals surface area contributed by atoms with Crippen LogP contribution in [-0.4, -0.2) is 38.0 Å². The molecule has 1 N–H and O–H groups in total. The summed E-state index contributed by atoms with van der Waals surface area (Å²) >= 11 is 7.33. The molecule has 8 heteroatoms. The van der Waals surface area contributed by atoms with Crippen LogP contribution in [0.15, 0.2) is 58.3 Å². The van der Waals surface area contributed by atoms with E-state index in [1.165, 1.54) is 38.0 Å². The first-order valence-corrected chi connectivity index (χ1v) is 10.2. The molecule has 0 bridgehead atoms. The Morgan fingerprint density at radius 1 is 1.16 bits per heavy atom. The Hall–Kier alpha value is -1.54. The zero-order valence-electron chi connectivity index (χ0n) is 14.1. The maximum atomic E-state index is 12.4. The van der Waals surface area contributed by atoms with Gasteiger partial charge in [0.25, 0.3) is 0 Å². The van der Waals surface area contributed by atoms with Crippen LogP contribution in [0.2, 0.25) is 5.02 Å². The van der Waals surface area contributed by atoms with Crippen LogP contribution in [0.25, 0.3) is 0 Å². The normalized spacial score (nSPS) is 12.8. The lowest BCUT2D eigenvalue weighted by atomic mass is 10.3. The summed E-state index contributed by atoms with van der Waals surface area (Å²) in [6.07, 6.45) is 0. The van der Waals surface area contributed by atoms with E-state index in [0.717, 1.165) is 9.20 Å². The molecule has 1 atom stereocenters. The van der Waals surface area contributed by atoms with Gasteiger partial charge in [0.1, 0.15) is 0 Å². The minimum atomic E-state index is -3.55. The molecule has 0 fully saturated rings. The number of benzene rings is 2. The Balaban J connectivity index is 2.10. The quantitative estimate of drug-likeness (QED) is 0.753. The molecule has 0 saturated heterocycles. The maximum Gasteiger partial charge on any atom is 0.242 e. The van der Waals surface area contributed by atoms with Crippen molar-refractivity contribution < 1.29 is 13.2 Å². The molecule has 0 aromatic heterocycles. The summed E-state index contributed by atoms with van der Waals surface area (Å²) in [6.45, 7) is 1.78. The molecule has 0 heterocycles. The Bertz CT molecular complexity index is 870. The van der Waals surface area contributed by atoms with Crippen LogP contribution in [0.3, 0.4) is 0 Å². The summed E-state index contributed by atoms with van der Waals surface area (Å²) in [5.74, 6) is -0.218. The standard InChI is InChI=1S/C17H19ClN2O3S2/c1-12(24-15-8-4-6-13(18)10-15)17(21)19-14-7-5-9-16(11-14)25(22,23)20(2)3/h4-12H,1-3H3,(H,19,21). The number of halogens is 1. The number of amides is 1. The maximum absolute atomic E-state index is 12.4. The van der Waals surface area contributed by atoms with Crippen molar-refractivity contribution in [2.75, 3.05) is 19.4 Å². The third-order valence-corrected chi connectivity index (χ3v) is 6.50. The Kier molecular flexibility index (Phi) is 6.51. The van der Waals surface area contributed by atoms with Crippen molar-refractivity contribution in [2.45, 2.75) is 22.0 Å². The van der Waals surface area contributed by atoms with E-state index in [1.807, 2.05) is 12.1 Å². The molecule has 0 aliphatic carbocycles. The van der Waals surface area contributed by atoms with E-state index in [4.69, 9.17) is 11.6 Å². The van der Waals surface area contributed by atoms with Crippen molar-refractivity contribution in [3.63, 3.8) is 0 Å². The number of rotatable bonds is 6. The van der Waals surface area contributed by atoms with Gasteiger partial charge in [-0.05, 0) is 43.3 Å². The third kappa shape index (κ3) is 5.22. The summed E-state index contributed by atoms with van der Waals surface area (Å²) in [5.41, 5.74) is 0.437. The van der Waals surface area contributed by atoms with Crippen molar-refractivity contribution in [3.8, 4) is 0 Å². The Morgan fingerprint density at radius 3 is 2.48 bits per heavy atom. The molecule has 0 radical (unpaired) electrons. The van der Waals surface area contributed by atoms with Crippen molar-refractivity contribution >= 4 is 45.0 Å². The highest BCUT2D eigenvalue weighted by molar-refractivity contribution is 8.00. The molecule has 2 aromatic carbocycles. The molecular formula is C17H19ClN2O3S2. The average molecular weight is 399 g/mol. The molecule has 0 aliphatic heterocycles. The second-order valence-electron chi connectivity index (χ2n) is 5.52. The monoisotopic (exact) mass is 398 g/mol. The van der Waals surface area contributed by atoms with E-state index in [0.29, 0.717) is 10.7 Å². The highest BCUT2D eigenvalue weighted by atomic mass is 35.5. The number of nitrogens with zero attached hydrogens (tertiary/aromatic N) is 1. The second kappa shape index (κ2) is 8.23. The first-order chi connectivity index (χ1) is 11.7. The predicted molar refractivity (Wildman–Crippen MR) is 103 cm³/mol. The number of carbonyl (C=O) groups excluding carboxylic acids is 1. The summed E-state index contributed by atoms with van der Waals surface area (Å²) in [5, 5.41) is 2.99. The van der Waals surface area contributed by atoms with E-state index in [-0.39, 0.29) is 16.1 Å². The summed E-state index contributed by atoms with van der Waals surface area (Å²) in [7, 11) is -0.621. The van der Waals surface area contributed by atoms with Gasteiger partial charge in [-0.2, -0.15) is 0 Å². The minimum absolute atomic E-state index is 0.130. The molecule has 0 saturated carbocycles. The second-order valence-corrected chi connectivity index (χ2v) is 9.52. The lowest BCUT2D eigenvalue weighted by Crippen LogP contribution is -2.24. The lowest BCUT2D eigenvalue weighted by molar-refractivity contribution is -0.115. The largest absolute Gasteiger partial charge is 0.325 e. The average Bonchev–Trinajstić information content (AvgIpc) is 2.54. The van der Waals surface area contributed by atoms with Crippen LogP contribution in [-0.2, 0) is 14.8 Å². The van der Waals surface area contributed by atoms with Crippen LogP contribution in [0.5, 0.6) is 0 Å². The molecule has 2 aromatic rings. The summed E-state index contributed by atoms with van der Waals surface area (Å²) < 4.78 is 25.5. The number of sulfonamides is 1. The smallest absolute Gasteiger partial charge is 0.242 e. The van der Waals surface area contributed by atoms with Gasteiger partial charge in [0, 0.05) is 29.7 Å². The number of anilines is 1. The fourth-order valence-electron chi connectivity index (χ4n) is 1.99. The first kappa shape index (κ1) is 19.8. The van der Waals surface area contributed by atoms with Gasteiger partial charge in [-0.1, -0.05) is 23.7 Å². The fraction of sp³-hybridized carbons (Fsp3) is 0.235. The SMILES string of the molecule is CC(Sc1cccc(Cl)c1)C(=O)Nc1cccc(S(=O)(=O)N(C)C)c1. The molecule has 0 spiro atoms. The lowest BCUT2D eigenvalue weighted by Gasteiger charge is -2.14. The minimum Gasteiger partial charge on any atom is -0.325 e. The first-order valence-electron chi connectivity index (χ1n) is 7.46. The number of hydrogen-bond donors (Lipinski definition) is 1. The highest BCUT2D eigenvalue weighted by Crippen LogP contribution is 2.27. The van der Waals surface area contributed by atoms with Crippen LogP contribution in [0.1, 0.15) is 6.92 Å². The van der Waals surface area contributed by atoms with Gasteiger partial charge < -0.3 is 5.32 Å². The van der Waals surface area contributed by atoms with Gasteiger partial charge >= 0.3 is 0 Å². The predicted octanol–water partition coefficient (Wildman–Crippen LogP) is 3.71. The molecule has 0 aliphatic rings. The zero-order valence-corrected chi connectivity index (χ0v) is 16.5. The number of thioether (sulfide) groups is 1.